The molecule has 0 aliphatic heterocycles. The van der Waals surface area contributed by atoms with Gasteiger partial charge in [-0.25, -0.2) is 0 Å². The van der Waals surface area contributed by atoms with Crippen molar-refractivity contribution >= 4 is 16.6 Å². The van der Waals surface area contributed by atoms with Gasteiger partial charge in [0, 0.05) is 10.9 Å². The highest BCUT2D eigenvalue weighted by Gasteiger charge is 2.18. The van der Waals surface area contributed by atoms with E-state index >= 15 is 0 Å². The molecule has 0 N–H and O–H groups in total. The lowest BCUT2D eigenvalue weighted by molar-refractivity contribution is 0.324. The summed E-state index contributed by atoms with van der Waals surface area (Å²) in [5.74, 6) is 2.42. The van der Waals surface area contributed by atoms with Crippen molar-refractivity contribution in [2.75, 3.05) is 21.3 Å². The van der Waals surface area contributed by atoms with Crippen molar-refractivity contribution in [2.45, 2.75) is 6.92 Å². The third kappa shape index (κ3) is 2.34. The molecular weight excluding hydrogens is 330 g/mol. The minimum Gasteiger partial charge on any atom is -0.493 e. The van der Waals surface area contributed by atoms with E-state index in [0.29, 0.717) is 17.2 Å². The summed E-state index contributed by atoms with van der Waals surface area (Å²) in [5, 5.41) is 9.94. The van der Waals surface area contributed by atoms with Gasteiger partial charge in [0.2, 0.25) is 5.75 Å². The maximum Gasteiger partial charge on any atom is 0.203 e. The number of hydrogen-bond donors (Lipinski definition) is 0. The van der Waals surface area contributed by atoms with Gasteiger partial charge in [0.15, 0.2) is 23.0 Å². The summed E-state index contributed by atoms with van der Waals surface area (Å²) in [6, 6.07) is 14.0. The standard InChI is InChI=1S/C20H19N3O3/c1-12-9-18-21-22-20(23(18)15-8-6-5-7-14(12)15)13-10-16(24-2)19(26-4)17(11-13)25-3/h5-11H,1-4H3. The lowest BCUT2D eigenvalue weighted by atomic mass is 10.1. The number of hydrogen-bond acceptors (Lipinski definition) is 5. The van der Waals surface area contributed by atoms with Crippen molar-refractivity contribution in [3.8, 4) is 28.6 Å². The van der Waals surface area contributed by atoms with Gasteiger partial charge in [0.1, 0.15) is 0 Å². The molecule has 0 atom stereocenters. The summed E-state index contributed by atoms with van der Waals surface area (Å²) < 4.78 is 18.4. The van der Waals surface area contributed by atoms with Gasteiger partial charge >= 0.3 is 0 Å². The van der Waals surface area contributed by atoms with E-state index in [0.717, 1.165) is 33.5 Å². The van der Waals surface area contributed by atoms with E-state index in [1.165, 1.54) is 0 Å². The minimum absolute atomic E-state index is 0.549. The van der Waals surface area contributed by atoms with E-state index in [1.807, 2.05) is 34.7 Å². The van der Waals surface area contributed by atoms with Crippen LogP contribution in [0.1, 0.15) is 5.56 Å². The lowest BCUT2D eigenvalue weighted by Gasteiger charge is -2.14. The molecule has 0 unspecified atom stereocenters. The van der Waals surface area contributed by atoms with Gasteiger partial charge < -0.3 is 14.2 Å². The Morgan fingerprint density at radius 2 is 1.54 bits per heavy atom. The molecule has 0 fully saturated rings. The van der Waals surface area contributed by atoms with Gasteiger partial charge in [-0.1, -0.05) is 18.2 Å². The molecule has 0 aliphatic carbocycles. The summed E-state index contributed by atoms with van der Waals surface area (Å²) in [6.45, 7) is 2.08. The van der Waals surface area contributed by atoms with E-state index in [2.05, 4.69) is 29.3 Å². The Bertz CT molecular complexity index is 1090. The maximum atomic E-state index is 5.47. The second kappa shape index (κ2) is 6.22. The fourth-order valence-corrected chi connectivity index (χ4v) is 3.30. The second-order valence-corrected chi connectivity index (χ2v) is 5.98. The Hall–Kier alpha value is -3.28. The highest BCUT2D eigenvalue weighted by molar-refractivity contribution is 5.87. The fourth-order valence-electron chi connectivity index (χ4n) is 3.30. The molecule has 0 radical (unpaired) electrons. The van der Waals surface area contributed by atoms with Gasteiger partial charge in [-0.05, 0) is 36.8 Å². The number of fused-ring (bicyclic) bond motifs is 3. The largest absolute Gasteiger partial charge is 0.493 e. The molecule has 0 aliphatic rings. The summed E-state index contributed by atoms with van der Waals surface area (Å²) in [7, 11) is 4.78. The SMILES string of the molecule is COc1cc(-c2nnc3cc(C)c4ccccc4n23)cc(OC)c1OC. The molecule has 26 heavy (non-hydrogen) atoms. The lowest BCUT2D eigenvalue weighted by Crippen LogP contribution is -1.98. The van der Waals surface area contributed by atoms with Gasteiger partial charge in [0.25, 0.3) is 0 Å². The molecule has 0 saturated carbocycles. The second-order valence-electron chi connectivity index (χ2n) is 5.98. The number of aryl methyl sites for hydroxylation is 1. The molecule has 0 bridgehead atoms. The summed E-state index contributed by atoms with van der Waals surface area (Å²) in [4.78, 5) is 0. The van der Waals surface area contributed by atoms with Crippen molar-refractivity contribution in [2.24, 2.45) is 0 Å². The molecule has 6 heteroatoms. The highest BCUT2D eigenvalue weighted by atomic mass is 16.5. The maximum absolute atomic E-state index is 5.47. The van der Waals surface area contributed by atoms with Gasteiger partial charge in [-0.15, -0.1) is 10.2 Å². The zero-order valence-corrected chi connectivity index (χ0v) is 15.1. The number of aromatic nitrogens is 3. The van der Waals surface area contributed by atoms with Crippen LogP contribution >= 0.6 is 0 Å². The van der Waals surface area contributed by atoms with Crippen LogP contribution in [-0.2, 0) is 0 Å². The van der Waals surface area contributed by atoms with E-state index in [-0.39, 0.29) is 0 Å². The van der Waals surface area contributed by atoms with Crippen molar-refractivity contribution in [3.05, 3.63) is 48.0 Å². The van der Waals surface area contributed by atoms with Crippen molar-refractivity contribution < 1.29 is 14.2 Å². The van der Waals surface area contributed by atoms with Crippen LogP contribution < -0.4 is 14.2 Å². The van der Waals surface area contributed by atoms with Crippen LogP contribution in [0, 0.1) is 6.92 Å². The van der Waals surface area contributed by atoms with Crippen LogP contribution in [-0.4, -0.2) is 35.9 Å². The first-order chi connectivity index (χ1) is 12.7. The smallest absolute Gasteiger partial charge is 0.203 e. The van der Waals surface area contributed by atoms with Crippen LogP contribution in [0.25, 0.3) is 27.9 Å². The average Bonchev–Trinajstić information content (AvgIpc) is 3.10. The first-order valence-electron chi connectivity index (χ1n) is 8.21. The Morgan fingerprint density at radius 3 is 2.19 bits per heavy atom. The zero-order chi connectivity index (χ0) is 18.3. The topological polar surface area (TPSA) is 57.9 Å². The quantitative estimate of drug-likeness (QED) is 0.559. The summed E-state index contributed by atoms with van der Waals surface area (Å²) >= 11 is 0. The molecule has 2 aromatic carbocycles. The normalized spacial score (nSPS) is 11.1. The Balaban J connectivity index is 2.05. The van der Waals surface area contributed by atoms with Crippen LogP contribution in [0.3, 0.4) is 0 Å². The minimum atomic E-state index is 0.549. The molecule has 0 amide bonds. The first kappa shape index (κ1) is 16.2. The number of rotatable bonds is 4. The van der Waals surface area contributed by atoms with Crippen LogP contribution in [0.15, 0.2) is 42.5 Å². The van der Waals surface area contributed by atoms with Gasteiger partial charge in [0.05, 0.1) is 26.8 Å². The fraction of sp³-hybridized carbons (Fsp3) is 0.200. The third-order valence-corrected chi connectivity index (χ3v) is 4.53. The molecular formula is C20H19N3O3. The molecule has 4 aromatic rings. The van der Waals surface area contributed by atoms with E-state index in [1.54, 1.807) is 21.3 Å². The Kier molecular flexibility index (Phi) is 3.88. The van der Waals surface area contributed by atoms with Crippen LogP contribution in [0.2, 0.25) is 0 Å². The number of nitrogens with zero attached hydrogens (tertiary/aromatic N) is 3. The number of benzene rings is 2. The predicted molar refractivity (Wildman–Crippen MR) is 100 cm³/mol. The van der Waals surface area contributed by atoms with E-state index in [9.17, 15) is 0 Å². The first-order valence-corrected chi connectivity index (χ1v) is 8.21. The molecule has 2 aromatic heterocycles. The van der Waals surface area contributed by atoms with Crippen molar-refractivity contribution in [1.29, 1.82) is 0 Å². The molecule has 0 saturated heterocycles. The molecule has 2 heterocycles. The molecule has 0 spiro atoms. The number of methoxy groups -OCH3 is 3. The Morgan fingerprint density at radius 1 is 0.846 bits per heavy atom. The summed E-state index contributed by atoms with van der Waals surface area (Å²) in [6.07, 6.45) is 0. The molecule has 6 nitrogen and oxygen atoms in total. The van der Waals surface area contributed by atoms with Gasteiger partial charge in [-0.2, -0.15) is 0 Å². The van der Waals surface area contributed by atoms with Crippen molar-refractivity contribution in [1.82, 2.24) is 14.6 Å². The zero-order valence-electron chi connectivity index (χ0n) is 15.1. The Labute approximate surface area is 150 Å². The number of ether oxygens (including phenoxy) is 3. The number of pyridine rings is 1. The van der Waals surface area contributed by atoms with Crippen LogP contribution in [0.5, 0.6) is 17.2 Å². The molecule has 4 rings (SSSR count). The summed E-state index contributed by atoms with van der Waals surface area (Å²) in [5.41, 5.74) is 3.85. The van der Waals surface area contributed by atoms with Crippen LogP contribution in [0.4, 0.5) is 0 Å². The average molecular weight is 349 g/mol. The third-order valence-electron chi connectivity index (χ3n) is 4.53. The van der Waals surface area contributed by atoms with E-state index < -0.39 is 0 Å². The van der Waals surface area contributed by atoms with E-state index in [4.69, 9.17) is 14.2 Å². The number of para-hydroxylation sites is 1. The van der Waals surface area contributed by atoms with Gasteiger partial charge in [-0.3, -0.25) is 4.40 Å². The monoisotopic (exact) mass is 349 g/mol. The molecule has 132 valence electrons. The predicted octanol–water partition coefficient (Wildman–Crippen LogP) is 3.88. The van der Waals surface area contributed by atoms with Crippen molar-refractivity contribution in [3.63, 3.8) is 0 Å². The highest BCUT2D eigenvalue weighted by Crippen LogP contribution is 2.41.